The number of rotatable bonds is 7. The van der Waals surface area contributed by atoms with Crippen LogP contribution in [0, 0.1) is 19.8 Å². The molecule has 4 rings (SSSR count). The topological polar surface area (TPSA) is 74.3 Å². The molecule has 40 heavy (non-hydrogen) atoms. The molecule has 2 saturated heterocycles. The molecule has 0 unspecified atom stereocenters. The summed E-state index contributed by atoms with van der Waals surface area (Å²) in [7, 11) is 2.83. The molecule has 0 atom stereocenters. The second-order valence-corrected chi connectivity index (χ2v) is 12.0. The van der Waals surface area contributed by atoms with Gasteiger partial charge in [-0.3, -0.25) is 0 Å². The fourth-order valence-corrected chi connectivity index (χ4v) is 6.39. The molecule has 2 heterocycles. The lowest BCUT2D eigenvalue weighted by Crippen LogP contribution is -2.40. The smallest absolute Gasteiger partial charge is 0.338 e. The van der Waals surface area contributed by atoms with Gasteiger partial charge in [0, 0.05) is 53.6 Å². The Morgan fingerprint density at radius 2 is 1.32 bits per heavy atom. The summed E-state index contributed by atoms with van der Waals surface area (Å²) in [5, 5.41) is 0. The average molecular weight is 683 g/mol. The fourth-order valence-electron chi connectivity index (χ4n) is 5.44. The minimum atomic E-state index is -0.293. The van der Waals surface area contributed by atoms with Gasteiger partial charge in [0.15, 0.2) is 0 Å². The predicted molar refractivity (Wildman–Crippen MR) is 165 cm³/mol. The highest BCUT2D eigenvalue weighted by Crippen LogP contribution is 2.32. The van der Waals surface area contributed by atoms with Crippen LogP contribution in [0.25, 0.3) is 0 Å². The lowest BCUT2D eigenvalue weighted by atomic mass is 9.89. The number of hydrogen-bond acceptors (Lipinski definition) is 7. The first-order chi connectivity index (χ1) is 19.2. The molecule has 2 aliphatic rings. The third-order valence-corrected chi connectivity index (χ3v) is 8.68. The Hall–Kier alpha value is -1.94. The van der Waals surface area contributed by atoms with E-state index in [0.29, 0.717) is 23.1 Å². The standard InChI is InChI=1S/C16H22BrNO3.C15H19BrO3/c1-4-18(13-5-7-21-8-6-13)15-10-12(17)9-14(11(15)2)16(19)20-3;1-10-12(7-11-3-5-19-6-4-11)8-13(16)9-14(10)15(17)18-2/h9-10,13H,4-8H2,1-3H3;8-9,11H,3-7H2,1-2H3. The summed E-state index contributed by atoms with van der Waals surface area (Å²) in [6.07, 6.45) is 5.23. The first-order valence-corrected chi connectivity index (χ1v) is 15.5. The minimum absolute atomic E-state index is 0.271. The molecule has 2 fully saturated rings. The molecular formula is C31H41Br2NO6. The zero-order valence-corrected chi connectivity index (χ0v) is 27.4. The van der Waals surface area contributed by atoms with Crippen molar-refractivity contribution in [2.75, 3.05) is 52.1 Å². The molecule has 2 aromatic carbocycles. The molecule has 7 nitrogen and oxygen atoms in total. The van der Waals surface area contributed by atoms with Crippen LogP contribution in [0.1, 0.15) is 70.0 Å². The van der Waals surface area contributed by atoms with E-state index in [-0.39, 0.29) is 11.9 Å². The second-order valence-electron chi connectivity index (χ2n) is 10.2. The number of carbonyl (C=O) groups excluding carboxylic acids is 2. The molecule has 0 aromatic heterocycles. The van der Waals surface area contributed by atoms with Crippen molar-refractivity contribution in [2.45, 2.75) is 58.9 Å². The maximum Gasteiger partial charge on any atom is 0.338 e. The van der Waals surface area contributed by atoms with E-state index in [1.807, 2.05) is 26.0 Å². The van der Waals surface area contributed by atoms with Crippen molar-refractivity contribution in [3.05, 3.63) is 61.0 Å². The summed E-state index contributed by atoms with van der Waals surface area (Å²) in [6, 6.07) is 8.30. The van der Waals surface area contributed by atoms with Crippen molar-refractivity contribution >= 4 is 49.5 Å². The number of esters is 2. The van der Waals surface area contributed by atoms with Gasteiger partial charge in [0.05, 0.1) is 25.3 Å². The molecule has 0 radical (unpaired) electrons. The molecule has 9 heteroatoms. The Balaban J connectivity index is 0.000000222. The zero-order chi connectivity index (χ0) is 29.2. The molecule has 0 N–H and O–H groups in total. The lowest BCUT2D eigenvalue weighted by molar-refractivity contribution is 0.0590. The van der Waals surface area contributed by atoms with Crippen LogP contribution in [0.2, 0.25) is 0 Å². The molecule has 2 aliphatic heterocycles. The van der Waals surface area contributed by atoms with E-state index in [4.69, 9.17) is 18.9 Å². The van der Waals surface area contributed by atoms with Crippen molar-refractivity contribution in [1.82, 2.24) is 0 Å². The fraction of sp³-hybridized carbons (Fsp3) is 0.548. The highest BCUT2D eigenvalue weighted by molar-refractivity contribution is 9.10. The van der Waals surface area contributed by atoms with E-state index < -0.39 is 0 Å². The minimum Gasteiger partial charge on any atom is -0.465 e. The third-order valence-electron chi connectivity index (χ3n) is 7.77. The average Bonchev–Trinajstić information content (AvgIpc) is 2.97. The molecule has 220 valence electrons. The second kappa shape index (κ2) is 15.9. The van der Waals surface area contributed by atoms with Crippen molar-refractivity contribution in [3.8, 4) is 0 Å². The number of methoxy groups -OCH3 is 2. The van der Waals surface area contributed by atoms with Crippen LogP contribution < -0.4 is 4.90 Å². The molecule has 0 saturated carbocycles. The Morgan fingerprint density at radius 1 is 0.825 bits per heavy atom. The van der Waals surface area contributed by atoms with E-state index in [0.717, 1.165) is 90.8 Å². The van der Waals surface area contributed by atoms with E-state index in [9.17, 15) is 9.59 Å². The first kappa shape index (κ1) is 32.6. The summed E-state index contributed by atoms with van der Waals surface area (Å²) in [5.41, 5.74) is 5.59. The van der Waals surface area contributed by atoms with Gasteiger partial charge in [-0.1, -0.05) is 31.9 Å². The van der Waals surface area contributed by atoms with Crippen LogP contribution in [-0.2, 0) is 25.4 Å². The summed E-state index contributed by atoms with van der Waals surface area (Å²) >= 11 is 6.98. The van der Waals surface area contributed by atoms with E-state index >= 15 is 0 Å². The Kier molecular flexibility index (Phi) is 12.9. The molecule has 0 amide bonds. The molecular weight excluding hydrogens is 642 g/mol. The van der Waals surface area contributed by atoms with Crippen molar-refractivity contribution in [2.24, 2.45) is 5.92 Å². The van der Waals surface area contributed by atoms with E-state index in [1.165, 1.54) is 19.8 Å². The van der Waals surface area contributed by atoms with Crippen LogP contribution in [0.4, 0.5) is 5.69 Å². The number of ether oxygens (including phenoxy) is 4. The van der Waals surface area contributed by atoms with Gasteiger partial charge in [0.2, 0.25) is 0 Å². The Bertz CT molecular complexity index is 1160. The SMILES string of the molecule is CCN(c1cc(Br)cc(C(=O)OC)c1C)C1CCOCC1.COC(=O)c1cc(Br)cc(CC2CCOCC2)c1C. The third kappa shape index (κ3) is 8.54. The number of carbonyl (C=O) groups is 2. The number of anilines is 1. The summed E-state index contributed by atoms with van der Waals surface area (Å²) in [6.45, 7) is 10.3. The maximum atomic E-state index is 11.9. The quantitative estimate of drug-likeness (QED) is 0.290. The van der Waals surface area contributed by atoms with Crippen LogP contribution in [0.5, 0.6) is 0 Å². The summed E-state index contributed by atoms with van der Waals surface area (Å²) in [5.74, 6) is 0.0809. The Morgan fingerprint density at radius 3 is 1.85 bits per heavy atom. The molecule has 2 aromatic rings. The van der Waals surface area contributed by atoms with Gasteiger partial charge in [0.1, 0.15) is 0 Å². The van der Waals surface area contributed by atoms with Crippen LogP contribution in [-0.4, -0.2) is 65.2 Å². The molecule has 0 spiro atoms. The van der Waals surface area contributed by atoms with Crippen molar-refractivity contribution in [3.63, 3.8) is 0 Å². The largest absolute Gasteiger partial charge is 0.465 e. The van der Waals surface area contributed by atoms with Gasteiger partial charge < -0.3 is 23.8 Å². The van der Waals surface area contributed by atoms with Gasteiger partial charge in [-0.25, -0.2) is 9.59 Å². The van der Waals surface area contributed by atoms with Gasteiger partial charge >= 0.3 is 11.9 Å². The number of benzene rings is 2. The lowest BCUT2D eigenvalue weighted by Gasteiger charge is -2.36. The van der Waals surface area contributed by atoms with Crippen LogP contribution >= 0.6 is 31.9 Å². The Labute approximate surface area is 255 Å². The number of halogens is 2. The number of nitrogens with zero attached hydrogens (tertiary/aromatic N) is 1. The number of hydrogen-bond donors (Lipinski definition) is 0. The first-order valence-electron chi connectivity index (χ1n) is 13.9. The van der Waals surface area contributed by atoms with Crippen LogP contribution in [0.15, 0.2) is 33.2 Å². The maximum absolute atomic E-state index is 11.9. The normalized spacial score (nSPS) is 16.1. The molecule has 0 bridgehead atoms. The van der Waals surface area contributed by atoms with Gasteiger partial charge in [0.25, 0.3) is 0 Å². The van der Waals surface area contributed by atoms with Crippen molar-refractivity contribution in [1.29, 1.82) is 0 Å². The van der Waals surface area contributed by atoms with Gasteiger partial charge in [-0.15, -0.1) is 0 Å². The highest BCUT2D eigenvalue weighted by atomic mass is 79.9. The van der Waals surface area contributed by atoms with Gasteiger partial charge in [-0.05, 0) is 99.7 Å². The summed E-state index contributed by atoms with van der Waals surface area (Å²) in [4.78, 5) is 26.1. The zero-order valence-electron chi connectivity index (χ0n) is 24.2. The highest BCUT2D eigenvalue weighted by Gasteiger charge is 2.24. The van der Waals surface area contributed by atoms with Crippen molar-refractivity contribution < 1.29 is 28.5 Å². The van der Waals surface area contributed by atoms with Gasteiger partial charge in [-0.2, -0.15) is 0 Å². The monoisotopic (exact) mass is 681 g/mol. The van der Waals surface area contributed by atoms with E-state index in [2.05, 4.69) is 55.8 Å². The van der Waals surface area contributed by atoms with E-state index in [1.54, 1.807) is 0 Å². The predicted octanol–water partition coefficient (Wildman–Crippen LogP) is 7.06. The summed E-state index contributed by atoms with van der Waals surface area (Å²) < 4.78 is 22.4. The van der Waals surface area contributed by atoms with Crippen LogP contribution in [0.3, 0.4) is 0 Å². The molecule has 0 aliphatic carbocycles.